The molecule has 8 heteroatoms. The maximum Gasteiger partial charge on any atom is 0.223 e. The Bertz CT molecular complexity index is 505. The monoisotopic (exact) mass is 380 g/mol. The van der Waals surface area contributed by atoms with E-state index in [1.807, 2.05) is 11.1 Å². The summed E-state index contributed by atoms with van der Waals surface area (Å²) >= 11 is 1.73. The standard InChI is InChI=1S/C15H24N4OS.2ClH/c1-11-10-17-15(21-11)19-7-5-18(6-8-19)14(20)9-12-3-2-4-13(12)16;;/h10,12-13H,2-9,16H2,1H3;2*1H/t12-,13+;;/m0../s1. The van der Waals surface area contributed by atoms with E-state index < -0.39 is 0 Å². The van der Waals surface area contributed by atoms with Crippen molar-refractivity contribution in [1.29, 1.82) is 0 Å². The number of amides is 1. The summed E-state index contributed by atoms with van der Waals surface area (Å²) in [4.78, 5) is 22.3. The number of nitrogens with two attached hydrogens (primary N) is 1. The molecule has 1 aliphatic carbocycles. The van der Waals surface area contributed by atoms with Gasteiger partial charge in [-0.3, -0.25) is 4.79 Å². The summed E-state index contributed by atoms with van der Waals surface area (Å²) in [7, 11) is 0. The molecule has 1 saturated heterocycles. The molecule has 0 unspecified atom stereocenters. The normalized spacial score (nSPS) is 24.1. The van der Waals surface area contributed by atoms with Crippen LogP contribution in [-0.2, 0) is 4.79 Å². The van der Waals surface area contributed by atoms with Crippen molar-refractivity contribution in [2.24, 2.45) is 11.7 Å². The van der Waals surface area contributed by atoms with Gasteiger partial charge in [-0.2, -0.15) is 0 Å². The number of anilines is 1. The minimum atomic E-state index is 0. The second-order valence-corrected chi connectivity index (χ2v) is 7.39. The van der Waals surface area contributed by atoms with Crippen LogP contribution in [-0.4, -0.2) is 48.0 Å². The van der Waals surface area contributed by atoms with Crippen LogP contribution in [0.5, 0.6) is 0 Å². The molecule has 5 nitrogen and oxygen atoms in total. The Morgan fingerprint density at radius 3 is 2.52 bits per heavy atom. The van der Waals surface area contributed by atoms with Crippen LogP contribution >= 0.6 is 36.2 Å². The van der Waals surface area contributed by atoms with Gasteiger partial charge in [-0.1, -0.05) is 6.42 Å². The van der Waals surface area contributed by atoms with Crippen molar-refractivity contribution in [3.63, 3.8) is 0 Å². The fraction of sp³-hybridized carbons (Fsp3) is 0.733. The lowest BCUT2D eigenvalue weighted by Gasteiger charge is -2.35. The van der Waals surface area contributed by atoms with Gasteiger partial charge < -0.3 is 15.5 Å². The van der Waals surface area contributed by atoms with E-state index in [4.69, 9.17) is 5.73 Å². The molecule has 1 aliphatic heterocycles. The number of aromatic nitrogens is 1. The molecule has 2 aliphatic rings. The quantitative estimate of drug-likeness (QED) is 0.874. The van der Waals surface area contributed by atoms with Gasteiger partial charge >= 0.3 is 0 Å². The molecule has 2 atom stereocenters. The SMILES string of the molecule is Cc1cnc(N2CCN(C(=O)C[C@@H]3CCC[C@H]3N)CC2)s1.Cl.Cl. The number of rotatable bonds is 3. The molecule has 1 aromatic rings. The Morgan fingerprint density at radius 1 is 1.30 bits per heavy atom. The van der Waals surface area contributed by atoms with E-state index >= 15 is 0 Å². The van der Waals surface area contributed by atoms with Crippen molar-refractivity contribution in [2.75, 3.05) is 31.1 Å². The number of nitrogens with zero attached hydrogens (tertiary/aromatic N) is 3. The minimum Gasteiger partial charge on any atom is -0.345 e. The number of thiazole rings is 1. The van der Waals surface area contributed by atoms with Gasteiger partial charge in [-0.05, 0) is 25.7 Å². The first kappa shape index (κ1) is 20.5. The molecule has 1 amide bonds. The summed E-state index contributed by atoms with van der Waals surface area (Å²) in [6, 6.07) is 0.230. The van der Waals surface area contributed by atoms with Gasteiger partial charge in [0.05, 0.1) is 0 Å². The highest BCUT2D eigenvalue weighted by molar-refractivity contribution is 7.15. The maximum absolute atomic E-state index is 12.4. The van der Waals surface area contributed by atoms with E-state index in [1.165, 1.54) is 11.3 Å². The summed E-state index contributed by atoms with van der Waals surface area (Å²) < 4.78 is 0. The smallest absolute Gasteiger partial charge is 0.223 e. The second kappa shape index (κ2) is 9.06. The zero-order chi connectivity index (χ0) is 14.8. The molecule has 132 valence electrons. The van der Waals surface area contributed by atoms with E-state index in [0.29, 0.717) is 12.3 Å². The molecule has 3 rings (SSSR count). The predicted molar refractivity (Wildman–Crippen MR) is 100 cm³/mol. The second-order valence-electron chi connectivity index (χ2n) is 6.18. The van der Waals surface area contributed by atoms with Crippen molar-refractivity contribution in [3.05, 3.63) is 11.1 Å². The molecular formula is C15H26Cl2N4OS. The van der Waals surface area contributed by atoms with E-state index in [0.717, 1.165) is 44.2 Å². The maximum atomic E-state index is 12.4. The first-order chi connectivity index (χ1) is 10.1. The summed E-state index contributed by atoms with van der Waals surface area (Å²) in [5, 5.41) is 1.08. The lowest BCUT2D eigenvalue weighted by molar-refractivity contribution is -0.132. The van der Waals surface area contributed by atoms with Gasteiger partial charge in [0.2, 0.25) is 5.91 Å². The topological polar surface area (TPSA) is 62.5 Å². The zero-order valence-corrected chi connectivity index (χ0v) is 15.9. The molecule has 2 heterocycles. The van der Waals surface area contributed by atoms with Crippen molar-refractivity contribution in [2.45, 2.75) is 38.6 Å². The Hall–Kier alpha value is -0.560. The van der Waals surface area contributed by atoms with Crippen molar-refractivity contribution in [1.82, 2.24) is 9.88 Å². The Labute approximate surface area is 154 Å². The van der Waals surface area contributed by atoms with Crippen LogP contribution in [0.1, 0.15) is 30.6 Å². The van der Waals surface area contributed by atoms with Gasteiger partial charge in [0.25, 0.3) is 0 Å². The Balaban J connectivity index is 0.00000132. The average molecular weight is 381 g/mol. The zero-order valence-electron chi connectivity index (χ0n) is 13.4. The van der Waals surface area contributed by atoms with Crippen molar-refractivity contribution < 1.29 is 4.79 Å². The number of halogens is 2. The number of carbonyl (C=O) groups excluding carboxylic acids is 1. The third kappa shape index (κ3) is 4.95. The summed E-state index contributed by atoms with van der Waals surface area (Å²) in [6.45, 7) is 5.45. The fourth-order valence-corrected chi connectivity index (χ4v) is 4.12. The molecule has 23 heavy (non-hydrogen) atoms. The molecule has 1 aromatic heterocycles. The first-order valence-corrected chi connectivity index (χ1v) is 8.66. The van der Waals surface area contributed by atoms with E-state index in [9.17, 15) is 4.79 Å². The molecule has 2 N–H and O–H groups in total. The van der Waals surface area contributed by atoms with Crippen LogP contribution < -0.4 is 10.6 Å². The molecule has 0 aromatic carbocycles. The third-order valence-electron chi connectivity index (χ3n) is 4.67. The van der Waals surface area contributed by atoms with Gasteiger partial charge in [0.1, 0.15) is 0 Å². The fourth-order valence-electron chi connectivity index (χ4n) is 3.31. The highest BCUT2D eigenvalue weighted by atomic mass is 35.5. The average Bonchev–Trinajstić information content (AvgIpc) is 3.08. The van der Waals surface area contributed by atoms with Crippen LogP contribution in [0, 0.1) is 12.8 Å². The van der Waals surface area contributed by atoms with Gasteiger partial charge in [0.15, 0.2) is 5.13 Å². The minimum absolute atomic E-state index is 0. The third-order valence-corrected chi connectivity index (χ3v) is 5.64. The lowest BCUT2D eigenvalue weighted by atomic mass is 9.99. The Kier molecular flexibility index (Phi) is 8.07. The first-order valence-electron chi connectivity index (χ1n) is 7.84. The van der Waals surface area contributed by atoms with Crippen LogP contribution in [0.25, 0.3) is 0 Å². The molecule has 2 fully saturated rings. The van der Waals surface area contributed by atoms with E-state index in [-0.39, 0.29) is 36.8 Å². The van der Waals surface area contributed by atoms with Crippen LogP contribution in [0.4, 0.5) is 5.13 Å². The van der Waals surface area contributed by atoms with E-state index in [2.05, 4.69) is 16.8 Å². The molecular weight excluding hydrogens is 355 g/mol. The molecule has 0 spiro atoms. The van der Waals surface area contributed by atoms with E-state index in [1.54, 1.807) is 11.3 Å². The van der Waals surface area contributed by atoms with Crippen molar-refractivity contribution >= 4 is 47.2 Å². The van der Waals surface area contributed by atoms with Crippen LogP contribution in [0.15, 0.2) is 6.20 Å². The Morgan fingerprint density at radius 2 is 2.00 bits per heavy atom. The van der Waals surface area contributed by atoms with Crippen LogP contribution in [0.3, 0.4) is 0 Å². The van der Waals surface area contributed by atoms with Gasteiger partial charge in [0, 0.05) is 49.7 Å². The summed E-state index contributed by atoms with van der Waals surface area (Å²) in [5.41, 5.74) is 6.07. The number of hydrogen-bond donors (Lipinski definition) is 1. The van der Waals surface area contributed by atoms with Crippen LogP contribution in [0.2, 0.25) is 0 Å². The molecule has 0 radical (unpaired) electrons. The highest BCUT2D eigenvalue weighted by Crippen LogP contribution is 2.28. The largest absolute Gasteiger partial charge is 0.345 e. The summed E-state index contributed by atoms with van der Waals surface area (Å²) in [5.74, 6) is 0.685. The number of carbonyl (C=O) groups is 1. The molecule has 0 bridgehead atoms. The lowest BCUT2D eigenvalue weighted by Crippen LogP contribution is -2.49. The number of aryl methyl sites for hydroxylation is 1. The summed E-state index contributed by atoms with van der Waals surface area (Å²) in [6.07, 6.45) is 5.92. The van der Waals surface area contributed by atoms with Crippen molar-refractivity contribution in [3.8, 4) is 0 Å². The molecule has 1 saturated carbocycles. The van der Waals surface area contributed by atoms with Gasteiger partial charge in [-0.15, -0.1) is 36.2 Å². The number of piperazine rings is 1. The predicted octanol–water partition coefficient (Wildman–Crippen LogP) is 2.46. The number of hydrogen-bond acceptors (Lipinski definition) is 5. The highest BCUT2D eigenvalue weighted by Gasteiger charge is 2.29. The van der Waals surface area contributed by atoms with Gasteiger partial charge in [-0.25, -0.2) is 4.98 Å².